The second-order valence-electron chi connectivity index (χ2n) is 4.66. The number of rotatable bonds is 6. The fourth-order valence-electron chi connectivity index (χ4n) is 2.00. The smallest absolute Gasteiger partial charge is 0.340 e. The number of pyridine rings is 1. The third-order valence-electron chi connectivity index (χ3n) is 3.13. The first-order chi connectivity index (χ1) is 10.2. The molecule has 0 bridgehead atoms. The van der Waals surface area contributed by atoms with Gasteiger partial charge in [-0.15, -0.1) is 0 Å². The molecule has 0 fully saturated rings. The van der Waals surface area contributed by atoms with Crippen molar-refractivity contribution < 1.29 is 9.53 Å². The summed E-state index contributed by atoms with van der Waals surface area (Å²) in [5, 5.41) is 3.19. The predicted octanol–water partition coefficient (Wildman–Crippen LogP) is 2.50. The Bertz CT molecular complexity index is 600. The molecule has 0 atom stereocenters. The Morgan fingerprint density at radius 2 is 2.10 bits per heavy atom. The molecule has 0 aliphatic rings. The molecule has 0 saturated carbocycles. The van der Waals surface area contributed by atoms with Gasteiger partial charge in [-0.3, -0.25) is 0 Å². The number of ether oxygens (including phenoxy) is 1. The fraction of sp³-hybridized carbons (Fsp3) is 0.250. The standard InChI is InChI=1S/C16H19N3O2/c1-21-16(20)13-10-15(19-11-14(13)17)18-9-5-8-12-6-3-2-4-7-12/h2-4,6-7,10-11H,5,8-9,17H2,1H3,(H,18,19). The summed E-state index contributed by atoms with van der Waals surface area (Å²) in [5.74, 6) is 0.167. The Hall–Kier alpha value is -2.56. The third-order valence-corrected chi connectivity index (χ3v) is 3.13. The summed E-state index contributed by atoms with van der Waals surface area (Å²) in [7, 11) is 1.33. The van der Waals surface area contributed by atoms with Gasteiger partial charge in [-0.2, -0.15) is 0 Å². The molecular formula is C16H19N3O2. The number of methoxy groups -OCH3 is 1. The van der Waals surface area contributed by atoms with Crippen molar-refractivity contribution >= 4 is 17.5 Å². The van der Waals surface area contributed by atoms with Crippen LogP contribution in [0.25, 0.3) is 0 Å². The van der Waals surface area contributed by atoms with Gasteiger partial charge in [0.15, 0.2) is 0 Å². The van der Waals surface area contributed by atoms with E-state index in [0.717, 1.165) is 19.4 Å². The molecule has 1 heterocycles. The molecule has 0 radical (unpaired) electrons. The number of esters is 1. The number of carbonyl (C=O) groups excluding carboxylic acids is 1. The Labute approximate surface area is 124 Å². The summed E-state index contributed by atoms with van der Waals surface area (Å²) < 4.78 is 4.68. The van der Waals surface area contributed by atoms with Crippen LogP contribution in [0, 0.1) is 0 Å². The van der Waals surface area contributed by atoms with Crippen LogP contribution in [0.5, 0.6) is 0 Å². The zero-order valence-electron chi connectivity index (χ0n) is 12.0. The van der Waals surface area contributed by atoms with E-state index in [4.69, 9.17) is 5.73 Å². The summed E-state index contributed by atoms with van der Waals surface area (Å²) >= 11 is 0. The van der Waals surface area contributed by atoms with Crippen molar-refractivity contribution in [2.24, 2.45) is 0 Å². The minimum Gasteiger partial charge on any atom is -0.465 e. The first-order valence-electron chi connectivity index (χ1n) is 6.82. The molecule has 3 N–H and O–H groups in total. The van der Waals surface area contributed by atoms with Gasteiger partial charge < -0.3 is 15.8 Å². The van der Waals surface area contributed by atoms with E-state index in [1.807, 2.05) is 18.2 Å². The zero-order chi connectivity index (χ0) is 15.1. The molecule has 0 spiro atoms. The largest absolute Gasteiger partial charge is 0.465 e. The molecule has 21 heavy (non-hydrogen) atoms. The predicted molar refractivity (Wildman–Crippen MR) is 83.2 cm³/mol. The monoisotopic (exact) mass is 285 g/mol. The summed E-state index contributed by atoms with van der Waals surface area (Å²) in [6, 6.07) is 11.9. The van der Waals surface area contributed by atoms with Crippen molar-refractivity contribution in [3.8, 4) is 0 Å². The van der Waals surface area contributed by atoms with Gasteiger partial charge in [0.05, 0.1) is 24.6 Å². The van der Waals surface area contributed by atoms with Crippen LogP contribution in [0.4, 0.5) is 11.5 Å². The average molecular weight is 285 g/mol. The minimum atomic E-state index is -0.456. The van der Waals surface area contributed by atoms with Crippen molar-refractivity contribution in [2.45, 2.75) is 12.8 Å². The first kappa shape index (κ1) is 14.8. The minimum absolute atomic E-state index is 0.316. The van der Waals surface area contributed by atoms with Crippen LogP contribution in [-0.2, 0) is 11.2 Å². The van der Waals surface area contributed by atoms with Gasteiger partial charge in [0.2, 0.25) is 0 Å². The molecule has 0 saturated heterocycles. The molecular weight excluding hydrogens is 266 g/mol. The normalized spacial score (nSPS) is 10.1. The molecule has 0 aliphatic heterocycles. The highest BCUT2D eigenvalue weighted by Gasteiger charge is 2.11. The lowest BCUT2D eigenvalue weighted by atomic mass is 10.1. The molecule has 2 rings (SSSR count). The Morgan fingerprint density at radius 1 is 1.33 bits per heavy atom. The number of nitrogens with zero attached hydrogens (tertiary/aromatic N) is 1. The summed E-state index contributed by atoms with van der Waals surface area (Å²) in [6.07, 6.45) is 3.43. The maximum atomic E-state index is 11.5. The highest BCUT2D eigenvalue weighted by atomic mass is 16.5. The topological polar surface area (TPSA) is 77.2 Å². The van der Waals surface area contributed by atoms with Gasteiger partial charge in [-0.05, 0) is 24.5 Å². The van der Waals surface area contributed by atoms with E-state index in [2.05, 4.69) is 27.2 Å². The number of hydrogen-bond acceptors (Lipinski definition) is 5. The second-order valence-corrected chi connectivity index (χ2v) is 4.66. The van der Waals surface area contributed by atoms with Gasteiger partial charge in [-0.25, -0.2) is 9.78 Å². The SMILES string of the molecule is COC(=O)c1cc(NCCCc2ccccc2)ncc1N. The maximum absolute atomic E-state index is 11.5. The molecule has 5 heteroatoms. The van der Waals surface area contributed by atoms with E-state index >= 15 is 0 Å². The molecule has 0 unspecified atom stereocenters. The molecule has 110 valence electrons. The summed E-state index contributed by atoms with van der Waals surface area (Å²) in [5.41, 5.74) is 7.66. The van der Waals surface area contributed by atoms with Crippen molar-refractivity contribution in [2.75, 3.05) is 24.7 Å². The van der Waals surface area contributed by atoms with E-state index in [9.17, 15) is 4.79 Å². The molecule has 2 aromatic rings. The number of aryl methyl sites for hydroxylation is 1. The summed E-state index contributed by atoms with van der Waals surface area (Å²) in [6.45, 7) is 0.770. The van der Waals surface area contributed by atoms with Crippen molar-refractivity contribution in [1.29, 1.82) is 0 Å². The maximum Gasteiger partial charge on any atom is 0.340 e. The first-order valence-corrected chi connectivity index (χ1v) is 6.82. The van der Waals surface area contributed by atoms with E-state index in [1.54, 1.807) is 6.07 Å². The quantitative estimate of drug-likeness (QED) is 0.630. The number of anilines is 2. The van der Waals surface area contributed by atoms with Gasteiger partial charge >= 0.3 is 5.97 Å². The second kappa shape index (κ2) is 7.28. The molecule has 1 aromatic heterocycles. The Kier molecular flexibility index (Phi) is 5.15. The highest BCUT2D eigenvalue weighted by Crippen LogP contribution is 2.16. The van der Waals surface area contributed by atoms with E-state index in [-0.39, 0.29) is 0 Å². The lowest BCUT2D eigenvalue weighted by Crippen LogP contribution is -2.10. The molecule has 5 nitrogen and oxygen atoms in total. The van der Waals surface area contributed by atoms with Crippen molar-refractivity contribution in [3.63, 3.8) is 0 Å². The molecule has 0 amide bonds. The van der Waals surface area contributed by atoms with Crippen LogP contribution in [0.15, 0.2) is 42.6 Å². The molecule has 0 aliphatic carbocycles. The van der Waals surface area contributed by atoms with Crippen LogP contribution < -0.4 is 11.1 Å². The van der Waals surface area contributed by atoms with Crippen LogP contribution in [0.2, 0.25) is 0 Å². The van der Waals surface area contributed by atoms with Gasteiger partial charge in [-0.1, -0.05) is 30.3 Å². The number of benzene rings is 1. The lowest BCUT2D eigenvalue weighted by molar-refractivity contribution is 0.0602. The van der Waals surface area contributed by atoms with Gasteiger partial charge in [0, 0.05) is 6.54 Å². The number of aromatic nitrogens is 1. The zero-order valence-corrected chi connectivity index (χ0v) is 12.0. The summed E-state index contributed by atoms with van der Waals surface area (Å²) in [4.78, 5) is 15.7. The number of carbonyl (C=O) groups is 1. The van der Waals surface area contributed by atoms with Crippen LogP contribution >= 0.6 is 0 Å². The number of nitrogens with one attached hydrogen (secondary N) is 1. The van der Waals surface area contributed by atoms with Crippen LogP contribution in [0.1, 0.15) is 22.3 Å². The molecule has 1 aromatic carbocycles. The average Bonchev–Trinajstić information content (AvgIpc) is 2.53. The van der Waals surface area contributed by atoms with Crippen LogP contribution in [-0.4, -0.2) is 24.6 Å². The Morgan fingerprint density at radius 3 is 2.81 bits per heavy atom. The van der Waals surface area contributed by atoms with E-state index in [0.29, 0.717) is 17.1 Å². The van der Waals surface area contributed by atoms with Gasteiger partial charge in [0.1, 0.15) is 5.82 Å². The number of nitrogen functional groups attached to an aromatic ring is 1. The lowest BCUT2D eigenvalue weighted by Gasteiger charge is -2.08. The van der Waals surface area contributed by atoms with Crippen LogP contribution in [0.3, 0.4) is 0 Å². The highest BCUT2D eigenvalue weighted by molar-refractivity contribution is 5.95. The number of nitrogens with two attached hydrogens (primary N) is 1. The van der Waals surface area contributed by atoms with Crippen molar-refractivity contribution in [1.82, 2.24) is 4.98 Å². The van der Waals surface area contributed by atoms with E-state index < -0.39 is 5.97 Å². The Balaban J connectivity index is 1.87. The van der Waals surface area contributed by atoms with Crippen molar-refractivity contribution in [3.05, 3.63) is 53.7 Å². The third kappa shape index (κ3) is 4.21. The van der Waals surface area contributed by atoms with E-state index in [1.165, 1.54) is 18.9 Å². The number of hydrogen-bond donors (Lipinski definition) is 2. The fourth-order valence-corrected chi connectivity index (χ4v) is 2.00. The van der Waals surface area contributed by atoms with Gasteiger partial charge in [0.25, 0.3) is 0 Å².